The number of hydrogen-bond donors (Lipinski definition) is 0. The highest BCUT2D eigenvalue weighted by Gasteiger charge is 2.22. The van der Waals surface area contributed by atoms with E-state index in [1.165, 1.54) is 6.92 Å². The van der Waals surface area contributed by atoms with Crippen LogP contribution < -0.4 is 4.90 Å². The Kier molecular flexibility index (Phi) is 6.08. The molecule has 1 saturated heterocycles. The molecule has 1 aromatic rings. The van der Waals surface area contributed by atoms with Crippen molar-refractivity contribution in [3.63, 3.8) is 0 Å². The topological polar surface area (TPSA) is 69.6 Å². The lowest BCUT2D eigenvalue weighted by atomic mass is 10.2. The summed E-state index contributed by atoms with van der Waals surface area (Å²) >= 11 is 0. The minimum atomic E-state index is -0.0382. The molecule has 1 aromatic heterocycles. The third-order valence-corrected chi connectivity index (χ3v) is 3.86. The molecule has 1 fully saturated rings. The minimum Gasteiger partial charge on any atom is -0.339 e. The Labute approximate surface area is 136 Å². The Morgan fingerprint density at radius 2 is 1.91 bits per heavy atom. The van der Waals surface area contributed by atoms with E-state index < -0.39 is 0 Å². The fourth-order valence-corrected chi connectivity index (χ4v) is 2.53. The van der Waals surface area contributed by atoms with E-state index in [-0.39, 0.29) is 11.8 Å². The molecular formula is C16H23N5O2. The number of carbonyl (C=O) groups is 2. The summed E-state index contributed by atoms with van der Waals surface area (Å²) in [5, 5.41) is 0. The molecule has 0 unspecified atom stereocenters. The summed E-state index contributed by atoms with van der Waals surface area (Å²) in [5.41, 5.74) is 0. The third kappa shape index (κ3) is 4.77. The van der Waals surface area contributed by atoms with Gasteiger partial charge in [-0.1, -0.05) is 6.08 Å². The molecule has 7 heteroatoms. The van der Waals surface area contributed by atoms with Gasteiger partial charge in [-0.2, -0.15) is 0 Å². The Balaban J connectivity index is 1.79. The maximum absolute atomic E-state index is 12.3. The molecule has 23 heavy (non-hydrogen) atoms. The van der Waals surface area contributed by atoms with Crippen molar-refractivity contribution in [1.82, 2.24) is 19.8 Å². The van der Waals surface area contributed by atoms with E-state index in [4.69, 9.17) is 0 Å². The van der Waals surface area contributed by atoms with Crippen LogP contribution in [0.25, 0.3) is 0 Å². The van der Waals surface area contributed by atoms with Gasteiger partial charge >= 0.3 is 0 Å². The molecule has 0 saturated carbocycles. The van der Waals surface area contributed by atoms with Gasteiger partial charge in [0, 0.05) is 65.0 Å². The van der Waals surface area contributed by atoms with Crippen LogP contribution in [-0.2, 0) is 9.59 Å². The van der Waals surface area contributed by atoms with Crippen LogP contribution in [0.4, 0.5) is 5.95 Å². The highest BCUT2D eigenvalue weighted by molar-refractivity contribution is 5.78. The van der Waals surface area contributed by atoms with Gasteiger partial charge in [0.05, 0.1) is 0 Å². The normalized spacial score (nSPS) is 14.5. The first-order valence-electron chi connectivity index (χ1n) is 7.78. The molecule has 1 aliphatic heterocycles. The van der Waals surface area contributed by atoms with Gasteiger partial charge in [-0.3, -0.25) is 9.59 Å². The second-order valence-corrected chi connectivity index (χ2v) is 5.42. The zero-order valence-electron chi connectivity index (χ0n) is 13.5. The molecule has 2 amide bonds. The van der Waals surface area contributed by atoms with Gasteiger partial charge < -0.3 is 14.7 Å². The highest BCUT2D eigenvalue weighted by Crippen LogP contribution is 2.10. The number of carbonyl (C=O) groups excluding carboxylic acids is 2. The van der Waals surface area contributed by atoms with E-state index in [1.807, 2.05) is 4.90 Å². The summed E-state index contributed by atoms with van der Waals surface area (Å²) < 4.78 is 0. The first kappa shape index (κ1) is 16.9. The van der Waals surface area contributed by atoms with E-state index in [2.05, 4.69) is 21.4 Å². The lowest BCUT2D eigenvalue weighted by molar-refractivity contribution is -0.133. The molecule has 2 rings (SSSR count). The van der Waals surface area contributed by atoms with Crippen molar-refractivity contribution in [2.24, 2.45) is 0 Å². The van der Waals surface area contributed by atoms with Crippen LogP contribution >= 0.6 is 0 Å². The molecule has 0 N–H and O–H groups in total. The molecular weight excluding hydrogens is 294 g/mol. The van der Waals surface area contributed by atoms with E-state index in [1.54, 1.807) is 29.4 Å². The van der Waals surface area contributed by atoms with Crippen molar-refractivity contribution < 1.29 is 9.59 Å². The fraction of sp³-hybridized carbons (Fsp3) is 0.500. The van der Waals surface area contributed by atoms with Gasteiger partial charge in [0.1, 0.15) is 0 Å². The number of nitrogens with zero attached hydrogens (tertiary/aromatic N) is 5. The second-order valence-electron chi connectivity index (χ2n) is 5.42. The van der Waals surface area contributed by atoms with Crippen LogP contribution in [-0.4, -0.2) is 70.9 Å². The molecule has 1 aliphatic rings. The van der Waals surface area contributed by atoms with Gasteiger partial charge in [0.25, 0.3) is 0 Å². The van der Waals surface area contributed by atoms with E-state index in [9.17, 15) is 9.59 Å². The molecule has 2 heterocycles. The molecule has 0 radical (unpaired) electrons. The molecule has 0 bridgehead atoms. The van der Waals surface area contributed by atoms with E-state index >= 15 is 0 Å². The Morgan fingerprint density at radius 1 is 1.26 bits per heavy atom. The van der Waals surface area contributed by atoms with Gasteiger partial charge in [0.15, 0.2) is 0 Å². The molecule has 7 nitrogen and oxygen atoms in total. The first-order chi connectivity index (χ1) is 11.1. The third-order valence-electron chi connectivity index (χ3n) is 3.86. The predicted octanol–water partition coefficient (Wildman–Crippen LogP) is 0.550. The SMILES string of the molecule is C=CCN(CCC(=O)N1CCN(c2ncccn2)CC1)C(C)=O. The maximum Gasteiger partial charge on any atom is 0.225 e. The number of rotatable bonds is 6. The van der Waals surface area contributed by atoms with Crippen LogP contribution in [0.3, 0.4) is 0 Å². The van der Waals surface area contributed by atoms with Gasteiger partial charge in [-0.25, -0.2) is 9.97 Å². The summed E-state index contributed by atoms with van der Waals surface area (Å²) in [5.74, 6) is 0.742. The summed E-state index contributed by atoms with van der Waals surface area (Å²) in [6, 6.07) is 1.79. The lowest BCUT2D eigenvalue weighted by Gasteiger charge is -2.35. The lowest BCUT2D eigenvalue weighted by Crippen LogP contribution is -2.49. The Bertz CT molecular complexity index is 541. The summed E-state index contributed by atoms with van der Waals surface area (Å²) in [7, 11) is 0. The zero-order valence-corrected chi connectivity index (χ0v) is 13.5. The van der Waals surface area contributed by atoms with Crippen LogP contribution in [0.15, 0.2) is 31.1 Å². The van der Waals surface area contributed by atoms with Crippen molar-refractivity contribution >= 4 is 17.8 Å². The quantitative estimate of drug-likeness (QED) is 0.717. The van der Waals surface area contributed by atoms with E-state index in [0.717, 1.165) is 13.1 Å². The largest absolute Gasteiger partial charge is 0.339 e. The minimum absolute atomic E-state index is 0.0382. The van der Waals surface area contributed by atoms with Crippen molar-refractivity contribution in [2.45, 2.75) is 13.3 Å². The van der Waals surface area contributed by atoms with Crippen molar-refractivity contribution in [2.75, 3.05) is 44.2 Å². The average molecular weight is 317 g/mol. The number of piperazine rings is 1. The molecule has 0 aromatic carbocycles. The number of hydrogen-bond acceptors (Lipinski definition) is 5. The number of anilines is 1. The Morgan fingerprint density at radius 3 is 2.48 bits per heavy atom. The molecule has 0 aliphatic carbocycles. The van der Waals surface area contributed by atoms with Gasteiger partial charge in [0.2, 0.25) is 17.8 Å². The van der Waals surface area contributed by atoms with Gasteiger partial charge in [-0.05, 0) is 6.07 Å². The van der Waals surface area contributed by atoms with Crippen LogP contribution in [0.2, 0.25) is 0 Å². The molecule has 0 spiro atoms. The fourth-order valence-electron chi connectivity index (χ4n) is 2.53. The summed E-state index contributed by atoms with van der Waals surface area (Å²) in [4.78, 5) is 37.7. The van der Waals surface area contributed by atoms with E-state index in [0.29, 0.717) is 38.5 Å². The van der Waals surface area contributed by atoms with Crippen molar-refractivity contribution in [1.29, 1.82) is 0 Å². The smallest absolute Gasteiger partial charge is 0.225 e. The van der Waals surface area contributed by atoms with Crippen LogP contribution in [0.5, 0.6) is 0 Å². The number of amides is 2. The second kappa shape index (κ2) is 8.26. The number of aromatic nitrogens is 2. The standard InChI is InChI=1S/C16H23N5O2/c1-3-8-19(14(2)22)9-5-15(23)20-10-12-21(13-11-20)16-17-6-4-7-18-16/h3-4,6-7H,1,5,8-13H2,2H3. The Hall–Kier alpha value is -2.44. The predicted molar refractivity (Wildman–Crippen MR) is 87.9 cm³/mol. The highest BCUT2D eigenvalue weighted by atomic mass is 16.2. The van der Waals surface area contributed by atoms with Gasteiger partial charge in [-0.15, -0.1) is 6.58 Å². The zero-order chi connectivity index (χ0) is 16.7. The summed E-state index contributed by atoms with van der Waals surface area (Å²) in [6.45, 7) is 8.79. The molecule has 124 valence electrons. The van der Waals surface area contributed by atoms with Crippen LogP contribution in [0, 0.1) is 0 Å². The maximum atomic E-state index is 12.3. The van der Waals surface area contributed by atoms with Crippen molar-refractivity contribution in [3.05, 3.63) is 31.1 Å². The summed E-state index contributed by atoms with van der Waals surface area (Å²) in [6.07, 6.45) is 5.45. The molecule has 0 atom stereocenters. The monoisotopic (exact) mass is 317 g/mol. The van der Waals surface area contributed by atoms with Crippen molar-refractivity contribution in [3.8, 4) is 0 Å². The average Bonchev–Trinajstić information content (AvgIpc) is 2.59. The van der Waals surface area contributed by atoms with Crippen LogP contribution in [0.1, 0.15) is 13.3 Å². The first-order valence-corrected chi connectivity index (χ1v) is 7.78.